The lowest BCUT2D eigenvalue weighted by Gasteiger charge is -2.10. The van der Waals surface area contributed by atoms with Crippen molar-refractivity contribution in [3.05, 3.63) is 95.6 Å². The van der Waals surface area contributed by atoms with Gasteiger partial charge in [-0.05, 0) is 44.2 Å². The van der Waals surface area contributed by atoms with Gasteiger partial charge in [-0.1, -0.05) is 35.9 Å². The van der Waals surface area contributed by atoms with Crippen LogP contribution in [0.15, 0.2) is 82.3 Å². The summed E-state index contributed by atoms with van der Waals surface area (Å²) in [5.74, 6) is -1.82. The summed E-state index contributed by atoms with van der Waals surface area (Å²) >= 11 is 0. The van der Waals surface area contributed by atoms with Crippen LogP contribution in [0.3, 0.4) is 0 Å². The van der Waals surface area contributed by atoms with E-state index in [1.165, 1.54) is 24.5 Å². The number of ether oxygens (including phenoxy) is 1. The van der Waals surface area contributed by atoms with E-state index < -0.39 is 34.1 Å². The van der Waals surface area contributed by atoms with Crippen LogP contribution in [-0.4, -0.2) is 36.7 Å². The molecule has 4 aromatic rings. The van der Waals surface area contributed by atoms with Crippen molar-refractivity contribution in [3.8, 4) is 5.69 Å². The normalized spacial score (nSPS) is 11.3. The molecule has 0 spiro atoms. The molecule has 0 fully saturated rings. The maximum absolute atomic E-state index is 12.6. The van der Waals surface area contributed by atoms with E-state index in [1.54, 1.807) is 35.9 Å². The first kappa shape index (κ1) is 24.0. The highest BCUT2D eigenvalue weighted by atomic mass is 32.2. The fourth-order valence-electron chi connectivity index (χ4n) is 3.39. The lowest BCUT2D eigenvalue weighted by atomic mass is 10.2. The predicted octanol–water partition coefficient (Wildman–Crippen LogP) is 3.85. The summed E-state index contributed by atoms with van der Waals surface area (Å²) in [4.78, 5) is 25.1. The average molecular weight is 494 g/mol. The molecule has 0 aliphatic heterocycles. The molecule has 9 nitrogen and oxygen atoms in total. The first-order valence-electron chi connectivity index (χ1n) is 10.7. The number of rotatable bonds is 8. The molecule has 2 aromatic carbocycles. The van der Waals surface area contributed by atoms with E-state index in [1.807, 2.05) is 31.2 Å². The molecule has 0 unspecified atom stereocenters. The largest absolute Gasteiger partial charge is 0.457 e. The summed E-state index contributed by atoms with van der Waals surface area (Å²) in [6.07, 6.45) is 1.20. The minimum absolute atomic E-state index is 0.125. The van der Waals surface area contributed by atoms with Crippen molar-refractivity contribution in [2.75, 3.05) is 11.9 Å². The van der Waals surface area contributed by atoms with Gasteiger partial charge in [-0.3, -0.25) is 4.79 Å². The standard InChI is InChI=1S/C25H23N3O6S/c1-17-8-10-20(11-9-17)28-22(14-18(2)27-28)26-23(29)15-34-25(30)24-19(12-13-33-24)16-35(31,32)21-6-4-3-5-7-21/h3-14H,15-16H2,1-2H3,(H,26,29). The van der Waals surface area contributed by atoms with Gasteiger partial charge >= 0.3 is 5.97 Å². The molecule has 35 heavy (non-hydrogen) atoms. The minimum atomic E-state index is -3.70. The Labute approximate surface area is 202 Å². The molecule has 0 aliphatic carbocycles. The van der Waals surface area contributed by atoms with Crippen LogP contribution in [0.1, 0.15) is 27.4 Å². The molecule has 0 atom stereocenters. The van der Waals surface area contributed by atoms with E-state index in [2.05, 4.69) is 10.4 Å². The maximum Gasteiger partial charge on any atom is 0.375 e. The van der Waals surface area contributed by atoms with Crippen molar-refractivity contribution in [3.63, 3.8) is 0 Å². The van der Waals surface area contributed by atoms with Crippen LogP contribution in [0.4, 0.5) is 5.82 Å². The molecular formula is C25H23N3O6S. The summed E-state index contributed by atoms with van der Waals surface area (Å²) in [5.41, 5.74) is 2.69. The number of nitrogens with one attached hydrogen (secondary N) is 1. The van der Waals surface area contributed by atoms with E-state index in [0.717, 1.165) is 11.3 Å². The van der Waals surface area contributed by atoms with Crippen molar-refractivity contribution in [1.29, 1.82) is 0 Å². The molecule has 0 saturated carbocycles. The highest BCUT2D eigenvalue weighted by molar-refractivity contribution is 7.90. The SMILES string of the molecule is Cc1ccc(-n2nc(C)cc2NC(=O)COC(=O)c2occc2CS(=O)(=O)c2ccccc2)cc1. The van der Waals surface area contributed by atoms with Crippen molar-refractivity contribution < 1.29 is 27.2 Å². The van der Waals surface area contributed by atoms with Crippen molar-refractivity contribution in [1.82, 2.24) is 9.78 Å². The quantitative estimate of drug-likeness (QED) is 0.370. The molecule has 2 aromatic heterocycles. The number of hydrogen-bond acceptors (Lipinski definition) is 7. The third-order valence-electron chi connectivity index (χ3n) is 5.09. The van der Waals surface area contributed by atoms with E-state index in [9.17, 15) is 18.0 Å². The van der Waals surface area contributed by atoms with Crippen LogP contribution in [0.25, 0.3) is 5.69 Å². The number of nitrogens with zero attached hydrogens (tertiary/aromatic N) is 2. The Kier molecular flexibility index (Phi) is 6.83. The van der Waals surface area contributed by atoms with Gasteiger partial charge in [0.1, 0.15) is 5.82 Å². The first-order chi connectivity index (χ1) is 16.7. The minimum Gasteiger partial charge on any atom is -0.457 e. The molecule has 1 amide bonds. The maximum atomic E-state index is 12.6. The average Bonchev–Trinajstić information content (AvgIpc) is 3.44. The van der Waals surface area contributed by atoms with E-state index in [4.69, 9.17) is 9.15 Å². The fraction of sp³-hybridized carbons (Fsp3) is 0.160. The van der Waals surface area contributed by atoms with E-state index in [0.29, 0.717) is 11.5 Å². The Bertz CT molecular complexity index is 1450. The highest BCUT2D eigenvalue weighted by Gasteiger charge is 2.24. The smallest absolute Gasteiger partial charge is 0.375 e. The van der Waals surface area contributed by atoms with Crippen LogP contribution in [0.5, 0.6) is 0 Å². The number of sulfone groups is 1. The van der Waals surface area contributed by atoms with Crippen LogP contribution in [-0.2, 0) is 25.1 Å². The highest BCUT2D eigenvalue weighted by Crippen LogP contribution is 2.21. The van der Waals surface area contributed by atoms with Crippen LogP contribution >= 0.6 is 0 Å². The molecule has 10 heteroatoms. The second-order valence-electron chi connectivity index (χ2n) is 7.89. The van der Waals surface area contributed by atoms with E-state index in [-0.39, 0.29) is 16.2 Å². The Balaban J connectivity index is 1.40. The summed E-state index contributed by atoms with van der Waals surface area (Å²) in [6, 6.07) is 18.6. The Morgan fingerprint density at radius 3 is 2.46 bits per heavy atom. The van der Waals surface area contributed by atoms with E-state index >= 15 is 0 Å². The Morgan fingerprint density at radius 2 is 1.74 bits per heavy atom. The van der Waals surface area contributed by atoms with Gasteiger partial charge in [0, 0.05) is 11.6 Å². The second kappa shape index (κ2) is 9.98. The number of amides is 1. The topological polar surface area (TPSA) is 120 Å². The summed E-state index contributed by atoms with van der Waals surface area (Å²) in [5, 5.41) is 7.07. The van der Waals surface area contributed by atoms with Gasteiger partial charge in [0.05, 0.1) is 28.3 Å². The summed E-state index contributed by atoms with van der Waals surface area (Å²) < 4.78 is 37.1. The summed E-state index contributed by atoms with van der Waals surface area (Å²) in [7, 11) is -3.70. The lowest BCUT2D eigenvalue weighted by molar-refractivity contribution is -0.119. The number of carbonyl (C=O) groups excluding carboxylic acids is 2. The Hall–Kier alpha value is -4.18. The molecule has 0 radical (unpaired) electrons. The van der Waals surface area contributed by atoms with Gasteiger partial charge in [-0.15, -0.1) is 0 Å². The van der Waals surface area contributed by atoms with Gasteiger partial charge in [0.2, 0.25) is 5.76 Å². The third-order valence-corrected chi connectivity index (χ3v) is 6.77. The molecular weight excluding hydrogens is 470 g/mol. The third kappa shape index (κ3) is 5.67. The zero-order valence-electron chi connectivity index (χ0n) is 19.1. The number of anilines is 1. The van der Waals surface area contributed by atoms with Gasteiger partial charge in [0.15, 0.2) is 16.4 Å². The molecule has 0 saturated heterocycles. The number of benzene rings is 2. The second-order valence-corrected chi connectivity index (χ2v) is 9.88. The monoisotopic (exact) mass is 493 g/mol. The Morgan fingerprint density at radius 1 is 1.03 bits per heavy atom. The number of carbonyl (C=O) groups is 2. The molecule has 2 heterocycles. The van der Waals surface area contributed by atoms with Crippen molar-refractivity contribution in [2.24, 2.45) is 0 Å². The van der Waals surface area contributed by atoms with Gasteiger partial charge in [-0.2, -0.15) is 5.10 Å². The molecule has 0 bridgehead atoms. The molecule has 1 N–H and O–H groups in total. The van der Waals surface area contributed by atoms with Gasteiger partial charge < -0.3 is 14.5 Å². The number of furan rings is 1. The molecule has 180 valence electrons. The van der Waals surface area contributed by atoms with Crippen LogP contribution in [0.2, 0.25) is 0 Å². The lowest BCUT2D eigenvalue weighted by Crippen LogP contribution is -2.22. The zero-order chi connectivity index (χ0) is 25.0. The van der Waals surface area contributed by atoms with Crippen molar-refractivity contribution >= 4 is 27.5 Å². The molecule has 0 aliphatic rings. The predicted molar refractivity (Wildman–Crippen MR) is 128 cm³/mol. The molecule has 4 rings (SSSR count). The number of aromatic nitrogens is 2. The number of esters is 1. The fourth-order valence-corrected chi connectivity index (χ4v) is 4.77. The zero-order valence-corrected chi connectivity index (χ0v) is 19.9. The van der Waals surface area contributed by atoms with Crippen LogP contribution in [0, 0.1) is 13.8 Å². The number of hydrogen-bond donors (Lipinski definition) is 1. The van der Waals surface area contributed by atoms with Crippen molar-refractivity contribution in [2.45, 2.75) is 24.5 Å². The van der Waals surface area contributed by atoms with Gasteiger partial charge in [-0.25, -0.2) is 17.9 Å². The summed E-state index contributed by atoms with van der Waals surface area (Å²) in [6.45, 7) is 3.17. The number of aryl methyl sites for hydroxylation is 2. The van der Waals surface area contributed by atoms with Crippen LogP contribution < -0.4 is 5.32 Å². The first-order valence-corrected chi connectivity index (χ1v) is 12.3. The van der Waals surface area contributed by atoms with Gasteiger partial charge in [0.25, 0.3) is 5.91 Å².